The summed E-state index contributed by atoms with van der Waals surface area (Å²) in [4.78, 5) is 12.9. The van der Waals surface area contributed by atoms with E-state index in [9.17, 15) is 10.1 Å². The van der Waals surface area contributed by atoms with Crippen LogP contribution < -0.4 is 0 Å². The summed E-state index contributed by atoms with van der Waals surface area (Å²) in [6, 6.07) is 7.66. The summed E-state index contributed by atoms with van der Waals surface area (Å²) in [5.74, 6) is 0. The van der Waals surface area contributed by atoms with Crippen molar-refractivity contribution < 1.29 is 4.92 Å². The van der Waals surface area contributed by atoms with Gasteiger partial charge in [-0.25, -0.2) is 0 Å². The van der Waals surface area contributed by atoms with Crippen LogP contribution in [-0.4, -0.2) is 22.4 Å². The molecule has 1 fully saturated rings. The summed E-state index contributed by atoms with van der Waals surface area (Å²) < 4.78 is 0. The van der Waals surface area contributed by atoms with E-state index in [2.05, 4.69) is 25.7 Å². The molecule has 0 amide bonds. The number of hydrogen-bond donors (Lipinski definition) is 0. The first-order valence-electron chi connectivity index (χ1n) is 8.39. The Labute approximate surface area is 133 Å². The summed E-state index contributed by atoms with van der Waals surface area (Å²) in [5, 5.41) is 10.7. The molecule has 1 aromatic rings. The van der Waals surface area contributed by atoms with Crippen molar-refractivity contribution in [3.8, 4) is 0 Å². The van der Waals surface area contributed by atoms with Gasteiger partial charge in [-0.3, -0.25) is 15.0 Å². The van der Waals surface area contributed by atoms with Gasteiger partial charge in [0.05, 0.1) is 4.92 Å². The van der Waals surface area contributed by atoms with Crippen molar-refractivity contribution in [2.45, 2.75) is 65.5 Å². The van der Waals surface area contributed by atoms with Crippen molar-refractivity contribution in [3.05, 3.63) is 39.9 Å². The van der Waals surface area contributed by atoms with Gasteiger partial charge in [-0.1, -0.05) is 39.3 Å². The van der Waals surface area contributed by atoms with Gasteiger partial charge >= 0.3 is 0 Å². The Balaban J connectivity index is 1.97. The third-order valence-corrected chi connectivity index (χ3v) is 4.75. The molecule has 4 heteroatoms. The van der Waals surface area contributed by atoms with E-state index in [1.54, 1.807) is 12.1 Å². The van der Waals surface area contributed by atoms with Crippen LogP contribution in [0, 0.1) is 15.5 Å². The smallest absolute Gasteiger partial charge is 0.269 e. The Hall–Kier alpha value is -1.42. The van der Waals surface area contributed by atoms with E-state index in [1.807, 2.05) is 12.1 Å². The van der Waals surface area contributed by atoms with Gasteiger partial charge < -0.3 is 0 Å². The highest BCUT2D eigenvalue weighted by molar-refractivity contribution is 5.32. The van der Waals surface area contributed by atoms with Gasteiger partial charge in [-0.15, -0.1) is 0 Å². The van der Waals surface area contributed by atoms with E-state index in [4.69, 9.17) is 0 Å². The lowest BCUT2D eigenvalue weighted by atomic mass is 9.81. The third kappa shape index (κ3) is 4.54. The fourth-order valence-corrected chi connectivity index (χ4v) is 3.71. The lowest BCUT2D eigenvalue weighted by Crippen LogP contribution is -2.33. The number of non-ortho nitro benzene ring substituents is 1. The normalized spacial score (nSPS) is 19.5. The summed E-state index contributed by atoms with van der Waals surface area (Å²) in [6.45, 7) is 9.05. The minimum atomic E-state index is -0.338. The van der Waals surface area contributed by atoms with Crippen molar-refractivity contribution in [2.24, 2.45) is 5.41 Å². The lowest BCUT2D eigenvalue weighted by Gasteiger charge is -2.32. The van der Waals surface area contributed by atoms with Gasteiger partial charge in [-0.05, 0) is 43.2 Å². The third-order valence-electron chi connectivity index (χ3n) is 4.75. The van der Waals surface area contributed by atoms with Crippen LogP contribution in [0.25, 0.3) is 0 Å². The first kappa shape index (κ1) is 16.9. The highest BCUT2D eigenvalue weighted by atomic mass is 16.6. The highest BCUT2D eigenvalue weighted by Gasteiger charge is 2.30. The molecule has 1 atom stereocenters. The van der Waals surface area contributed by atoms with Gasteiger partial charge in [0.1, 0.15) is 0 Å². The molecule has 0 radical (unpaired) electrons. The van der Waals surface area contributed by atoms with Crippen LogP contribution in [0.4, 0.5) is 5.69 Å². The number of benzene rings is 1. The number of nitrogens with zero attached hydrogens (tertiary/aromatic N) is 2. The predicted molar refractivity (Wildman–Crippen MR) is 89.8 cm³/mol. The molecule has 2 rings (SSSR count). The van der Waals surface area contributed by atoms with E-state index in [1.165, 1.54) is 37.7 Å². The van der Waals surface area contributed by atoms with Crippen molar-refractivity contribution >= 4 is 5.69 Å². The predicted octanol–water partition coefficient (Wildman–Crippen LogP) is 4.78. The van der Waals surface area contributed by atoms with Crippen molar-refractivity contribution in [1.82, 2.24) is 4.90 Å². The largest absolute Gasteiger partial charge is 0.296 e. The SMILES string of the molecule is CCCC(C)(C)C[C@H]1CCCN1Cc1ccc([N+](=O)[O-])cc1. The second-order valence-corrected chi connectivity index (χ2v) is 7.31. The molecular formula is C18H28N2O2. The second kappa shape index (κ2) is 7.23. The van der Waals surface area contributed by atoms with Crippen LogP contribution in [0.1, 0.15) is 58.4 Å². The van der Waals surface area contributed by atoms with Gasteiger partial charge in [0, 0.05) is 24.7 Å². The maximum atomic E-state index is 10.7. The van der Waals surface area contributed by atoms with E-state index < -0.39 is 0 Å². The topological polar surface area (TPSA) is 46.4 Å². The van der Waals surface area contributed by atoms with Crippen molar-refractivity contribution in [1.29, 1.82) is 0 Å². The van der Waals surface area contributed by atoms with Gasteiger partial charge in [0.25, 0.3) is 5.69 Å². The van der Waals surface area contributed by atoms with Crippen LogP contribution >= 0.6 is 0 Å². The molecule has 0 aromatic heterocycles. The fourth-order valence-electron chi connectivity index (χ4n) is 3.71. The molecule has 1 aliphatic heterocycles. The zero-order chi connectivity index (χ0) is 16.2. The second-order valence-electron chi connectivity index (χ2n) is 7.31. The fraction of sp³-hybridized carbons (Fsp3) is 0.667. The Morgan fingerprint density at radius 1 is 1.32 bits per heavy atom. The summed E-state index contributed by atoms with van der Waals surface area (Å²) in [7, 11) is 0. The Bertz CT molecular complexity index is 496. The monoisotopic (exact) mass is 304 g/mol. The maximum Gasteiger partial charge on any atom is 0.269 e. The van der Waals surface area contributed by atoms with E-state index in [0.717, 1.165) is 13.1 Å². The van der Waals surface area contributed by atoms with Gasteiger partial charge in [-0.2, -0.15) is 0 Å². The van der Waals surface area contributed by atoms with Crippen molar-refractivity contribution in [2.75, 3.05) is 6.54 Å². The quantitative estimate of drug-likeness (QED) is 0.538. The number of nitro benzene ring substituents is 1. The van der Waals surface area contributed by atoms with Crippen LogP contribution in [0.2, 0.25) is 0 Å². The summed E-state index contributed by atoms with van der Waals surface area (Å²) in [6.07, 6.45) is 6.30. The standard InChI is InChI=1S/C18H28N2O2/c1-4-11-18(2,3)13-17-6-5-12-19(17)14-15-7-9-16(10-8-15)20(21)22/h7-10,17H,4-6,11-14H2,1-3H3/t17-/m1/s1. The molecule has 0 unspecified atom stereocenters. The average molecular weight is 304 g/mol. The number of likely N-dealkylation sites (tertiary alicyclic amines) is 1. The first-order chi connectivity index (χ1) is 10.4. The molecular weight excluding hydrogens is 276 g/mol. The molecule has 0 saturated carbocycles. The minimum Gasteiger partial charge on any atom is -0.296 e. The van der Waals surface area contributed by atoms with Crippen molar-refractivity contribution in [3.63, 3.8) is 0 Å². The summed E-state index contributed by atoms with van der Waals surface area (Å²) >= 11 is 0. The van der Waals surface area contributed by atoms with Gasteiger partial charge in [0.2, 0.25) is 0 Å². The van der Waals surface area contributed by atoms with Crippen LogP contribution in [0.3, 0.4) is 0 Å². The molecule has 1 aromatic carbocycles. The Morgan fingerprint density at radius 2 is 2.00 bits per heavy atom. The van der Waals surface area contributed by atoms with E-state index in [0.29, 0.717) is 11.5 Å². The molecule has 122 valence electrons. The lowest BCUT2D eigenvalue weighted by molar-refractivity contribution is -0.384. The molecule has 0 bridgehead atoms. The summed E-state index contributed by atoms with van der Waals surface area (Å²) in [5.41, 5.74) is 1.74. The molecule has 1 aliphatic rings. The molecule has 0 aliphatic carbocycles. The van der Waals surface area contributed by atoms with E-state index in [-0.39, 0.29) is 10.6 Å². The molecule has 4 nitrogen and oxygen atoms in total. The molecule has 0 N–H and O–H groups in total. The first-order valence-corrected chi connectivity index (χ1v) is 8.39. The highest BCUT2D eigenvalue weighted by Crippen LogP contribution is 2.34. The maximum absolute atomic E-state index is 10.7. The van der Waals surface area contributed by atoms with Gasteiger partial charge in [0.15, 0.2) is 0 Å². The van der Waals surface area contributed by atoms with Crippen LogP contribution in [0.5, 0.6) is 0 Å². The molecule has 0 spiro atoms. The molecule has 1 saturated heterocycles. The Morgan fingerprint density at radius 3 is 2.59 bits per heavy atom. The average Bonchev–Trinajstić information content (AvgIpc) is 2.85. The number of nitro groups is 1. The zero-order valence-electron chi connectivity index (χ0n) is 14.0. The number of rotatable bonds is 7. The molecule has 1 heterocycles. The minimum absolute atomic E-state index is 0.172. The van der Waals surface area contributed by atoms with Crippen LogP contribution in [-0.2, 0) is 6.54 Å². The molecule has 22 heavy (non-hydrogen) atoms. The van der Waals surface area contributed by atoms with E-state index >= 15 is 0 Å². The zero-order valence-corrected chi connectivity index (χ0v) is 14.0. The van der Waals surface area contributed by atoms with Crippen LogP contribution in [0.15, 0.2) is 24.3 Å². The number of hydrogen-bond acceptors (Lipinski definition) is 3. The Kier molecular flexibility index (Phi) is 5.57.